The van der Waals surface area contributed by atoms with Crippen molar-refractivity contribution in [2.45, 2.75) is 13.0 Å². The van der Waals surface area contributed by atoms with Crippen LogP contribution in [-0.4, -0.2) is 40.5 Å². The first-order valence-corrected chi connectivity index (χ1v) is 8.89. The summed E-state index contributed by atoms with van der Waals surface area (Å²) in [6, 6.07) is 11.3. The van der Waals surface area contributed by atoms with Crippen molar-refractivity contribution in [3.63, 3.8) is 0 Å². The van der Waals surface area contributed by atoms with Crippen LogP contribution in [0.3, 0.4) is 0 Å². The minimum Gasteiger partial charge on any atom is -0.368 e. The first kappa shape index (κ1) is 16.0. The Kier molecular flexibility index (Phi) is 4.10. The van der Waals surface area contributed by atoms with E-state index in [4.69, 9.17) is 4.74 Å². The molecule has 0 saturated carbocycles. The quantitative estimate of drug-likeness (QED) is 0.766. The summed E-state index contributed by atoms with van der Waals surface area (Å²) < 4.78 is 6.84. The molecule has 1 aliphatic heterocycles. The molecule has 25 heavy (non-hydrogen) atoms. The van der Waals surface area contributed by atoms with E-state index in [0.29, 0.717) is 31.2 Å². The molecule has 0 spiro atoms. The largest absolute Gasteiger partial charge is 0.368 e. The fourth-order valence-electron chi connectivity index (χ4n) is 3.02. The van der Waals surface area contributed by atoms with Crippen molar-refractivity contribution in [2.24, 2.45) is 0 Å². The number of ether oxygens (including phenoxy) is 1. The van der Waals surface area contributed by atoms with Crippen molar-refractivity contribution in [3.8, 4) is 0 Å². The van der Waals surface area contributed by atoms with Gasteiger partial charge in [-0.25, -0.2) is 4.98 Å². The van der Waals surface area contributed by atoms with Crippen molar-refractivity contribution < 1.29 is 9.53 Å². The van der Waals surface area contributed by atoms with E-state index >= 15 is 0 Å². The van der Waals surface area contributed by atoms with Gasteiger partial charge in [-0.05, 0) is 24.4 Å². The molecule has 1 aromatic carbocycles. The highest BCUT2D eigenvalue weighted by molar-refractivity contribution is 7.20. The Balaban J connectivity index is 1.58. The molecule has 1 saturated heterocycles. The Labute approximate surface area is 148 Å². The van der Waals surface area contributed by atoms with Crippen LogP contribution in [0.4, 0.5) is 0 Å². The van der Waals surface area contributed by atoms with Crippen molar-refractivity contribution in [3.05, 3.63) is 63.1 Å². The molecule has 1 aliphatic rings. The second-order valence-electron chi connectivity index (χ2n) is 6.01. The SMILES string of the molecule is Cc1nc([C@H]2CN(C(=O)c3cc4ccccc4s3)CCO2)cc(=O)[nH]1. The lowest BCUT2D eigenvalue weighted by Crippen LogP contribution is -2.42. The minimum atomic E-state index is -0.381. The Bertz CT molecular complexity index is 961. The molecular weight excluding hydrogens is 338 g/mol. The molecule has 4 rings (SSSR count). The number of carbonyl (C=O) groups is 1. The van der Waals surface area contributed by atoms with Gasteiger partial charge in [0.25, 0.3) is 11.5 Å². The molecule has 3 aromatic rings. The van der Waals surface area contributed by atoms with Crippen LogP contribution < -0.4 is 5.56 Å². The molecule has 1 atom stereocenters. The van der Waals surface area contributed by atoms with Crippen LogP contribution in [0, 0.1) is 6.92 Å². The van der Waals surface area contributed by atoms with Gasteiger partial charge in [-0.15, -0.1) is 11.3 Å². The zero-order valence-corrected chi connectivity index (χ0v) is 14.5. The molecular formula is C18H17N3O3S. The highest BCUT2D eigenvalue weighted by atomic mass is 32.1. The summed E-state index contributed by atoms with van der Waals surface area (Å²) in [6.07, 6.45) is -0.381. The zero-order valence-electron chi connectivity index (χ0n) is 13.7. The average molecular weight is 355 g/mol. The minimum absolute atomic E-state index is 0.00365. The molecule has 1 N–H and O–H groups in total. The van der Waals surface area contributed by atoms with Crippen molar-refractivity contribution in [2.75, 3.05) is 19.7 Å². The summed E-state index contributed by atoms with van der Waals surface area (Å²) in [5.41, 5.74) is 0.356. The lowest BCUT2D eigenvalue weighted by molar-refractivity contribution is -0.0247. The second kappa shape index (κ2) is 6.42. The van der Waals surface area contributed by atoms with Crippen molar-refractivity contribution in [1.82, 2.24) is 14.9 Å². The molecule has 7 heteroatoms. The summed E-state index contributed by atoms with van der Waals surface area (Å²) in [6.45, 7) is 3.08. The maximum absolute atomic E-state index is 12.9. The van der Waals surface area contributed by atoms with Crippen LogP contribution in [-0.2, 0) is 4.74 Å². The smallest absolute Gasteiger partial charge is 0.264 e. The number of fused-ring (bicyclic) bond motifs is 1. The summed E-state index contributed by atoms with van der Waals surface area (Å²) >= 11 is 1.50. The zero-order chi connectivity index (χ0) is 17.4. The Morgan fingerprint density at radius 3 is 3.00 bits per heavy atom. The number of H-pyrrole nitrogens is 1. The van der Waals surface area contributed by atoms with Crippen LogP contribution in [0.2, 0.25) is 0 Å². The molecule has 3 heterocycles. The number of thiophene rings is 1. The number of aryl methyl sites for hydroxylation is 1. The predicted octanol–water partition coefficient (Wildman–Crippen LogP) is 2.51. The monoisotopic (exact) mass is 355 g/mol. The summed E-state index contributed by atoms with van der Waals surface area (Å²) in [4.78, 5) is 34.0. The standard InChI is InChI=1S/C18H17N3O3S/c1-11-19-13(9-17(22)20-11)14-10-21(6-7-24-14)18(23)16-8-12-4-2-3-5-15(12)25-16/h2-5,8-9,14H,6-7,10H2,1H3,(H,19,20,22)/t14-/m1/s1. The van der Waals surface area contributed by atoms with Gasteiger partial charge in [-0.1, -0.05) is 18.2 Å². The van der Waals surface area contributed by atoms with Gasteiger partial charge in [0.1, 0.15) is 11.9 Å². The number of hydrogen-bond acceptors (Lipinski definition) is 5. The number of morpholine rings is 1. The first-order valence-electron chi connectivity index (χ1n) is 8.07. The second-order valence-corrected chi connectivity index (χ2v) is 7.10. The third kappa shape index (κ3) is 3.20. The predicted molar refractivity (Wildman–Crippen MR) is 96.0 cm³/mol. The fourth-order valence-corrected chi connectivity index (χ4v) is 4.05. The van der Waals surface area contributed by atoms with E-state index in [-0.39, 0.29) is 17.6 Å². The van der Waals surface area contributed by atoms with E-state index < -0.39 is 0 Å². The van der Waals surface area contributed by atoms with Gasteiger partial charge in [0.05, 0.1) is 23.7 Å². The third-order valence-corrected chi connectivity index (χ3v) is 5.30. The van der Waals surface area contributed by atoms with Gasteiger partial charge < -0.3 is 14.6 Å². The Morgan fingerprint density at radius 2 is 2.20 bits per heavy atom. The molecule has 1 fully saturated rings. The average Bonchev–Trinajstić information content (AvgIpc) is 3.04. The van der Waals surface area contributed by atoms with Gasteiger partial charge >= 0.3 is 0 Å². The molecule has 0 radical (unpaired) electrons. The maximum atomic E-state index is 12.9. The fraction of sp³-hybridized carbons (Fsp3) is 0.278. The number of rotatable bonds is 2. The van der Waals surface area contributed by atoms with Crippen LogP contribution in [0.15, 0.2) is 41.2 Å². The lowest BCUT2D eigenvalue weighted by atomic mass is 10.2. The van der Waals surface area contributed by atoms with E-state index in [1.165, 1.54) is 17.4 Å². The number of aromatic amines is 1. The first-order chi connectivity index (χ1) is 12.1. The molecule has 2 aromatic heterocycles. The molecule has 128 valence electrons. The Morgan fingerprint density at radius 1 is 1.36 bits per heavy atom. The topological polar surface area (TPSA) is 75.3 Å². The molecule has 1 amide bonds. The highest BCUT2D eigenvalue weighted by Crippen LogP contribution is 2.28. The molecule has 6 nitrogen and oxygen atoms in total. The van der Waals surface area contributed by atoms with E-state index in [2.05, 4.69) is 9.97 Å². The normalized spacial score (nSPS) is 17.8. The Hall–Kier alpha value is -2.51. The van der Waals surface area contributed by atoms with Crippen molar-refractivity contribution in [1.29, 1.82) is 0 Å². The third-order valence-electron chi connectivity index (χ3n) is 4.20. The number of benzene rings is 1. The van der Waals surface area contributed by atoms with Gasteiger partial charge in [0.15, 0.2) is 0 Å². The van der Waals surface area contributed by atoms with E-state index in [0.717, 1.165) is 15.0 Å². The van der Waals surface area contributed by atoms with Gasteiger partial charge in [0.2, 0.25) is 0 Å². The number of amides is 1. The molecule has 0 bridgehead atoms. The van der Waals surface area contributed by atoms with Crippen LogP contribution in [0.5, 0.6) is 0 Å². The van der Waals surface area contributed by atoms with Gasteiger partial charge in [-0.2, -0.15) is 0 Å². The summed E-state index contributed by atoms with van der Waals surface area (Å²) in [5.74, 6) is 0.537. The van der Waals surface area contributed by atoms with E-state index in [9.17, 15) is 9.59 Å². The van der Waals surface area contributed by atoms with Crippen LogP contribution in [0.1, 0.15) is 27.3 Å². The number of hydrogen-bond donors (Lipinski definition) is 1. The van der Waals surface area contributed by atoms with Crippen LogP contribution >= 0.6 is 11.3 Å². The lowest BCUT2D eigenvalue weighted by Gasteiger charge is -2.32. The van der Waals surface area contributed by atoms with Gasteiger partial charge in [0, 0.05) is 17.3 Å². The summed E-state index contributed by atoms with van der Waals surface area (Å²) in [5, 5.41) is 1.08. The highest BCUT2D eigenvalue weighted by Gasteiger charge is 2.28. The van der Waals surface area contributed by atoms with E-state index in [1.54, 1.807) is 11.8 Å². The van der Waals surface area contributed by atoms with Gasteiger partial charge in [-0.3, -0.25) is 9.59 Å². The van der Waals surface area contributed by atoms with Crippen LogP contribution in [0.25, 0.3) is 10.1 Å². The molecule has 0 unspecified atom stereocenters. The number of nitrogens with zero attached hydrogens (tertiary/aromatic N) is 2. The molecule has 0 aliphatic carbocycles. The number of carbonyl (C=O) groups excluding carboxylic acids is 1. The number of aromatic nitrogens is 2. The summed E-state index contributed by atoms with van der Waals surface area (Å²) in [7, 11) is 0. The van der Waals surface area contributed by atoms with E-state index in [1.807, 2.05) is 30.3 Å². The van der Waals surface area contributed by atoms with Crippen molar-refractivity contribution >= 4 is 27.3 Å². The maximum Gasteiger partial charge on any atom is 0.264 e. The number of nitrogens with one attached hydrogen (secondary N) is 1.